The lowest BCUT2D eigenvalue weighted by atomic mass is 9.80. The number of halogens is 1. The summed E-state index contributed by atoms with van der Waals surface area (Å²) < 4.78 is 0. The Bertz CT molecular complexity index is 620. The van der Waals surface area contributed by atoms with Gasteiger partial charge < -0.3 is 10.2 Å². The number of benzene rings is 1. The predicted molar refractivity (Wildman–Crippen MR) is 88.4 cm³/mol. The van der Waals surface area contributed by atoms with Gasteiger partial charge in [0.1, 0.15) is 5.54 Å². The minimum Gasteiger partial charge on any atom is -0.371 e. The number of hydrogen-bond acceptors (Lipinski definition) is 3. The summed E-state index contributed by atoms with van der Waals surface area (Å²) in [5.41, 5.74) is 0.401. The molecule has 3 rings (SSSR count). The van der Waals surface area contributed by atoms with E-state index in [0.29, 0.717) is 0 Å². The molecule has 1 aromatic carbocycles. The molecule has 2 saturated heterocycles. The number of guanidine groups is 1. The van der Waals surface area contributed by atoms with E-state index in [-0.39, 0.29) is 17.8 Å². The van der Waals surface area contributed by atoms with E-state index in [1.165, 1.54) is 4.90 Å². The molecule has 5 nitrogen and oxygen atoms in total. The molecule has 22 heavy (non-hydrogen) atoms. The van der Waals surface area contributed by atoms with Crippen molar-refractivity contribution in [2.24, 2.45) is 5.92 Å². The third-order valence-corrected chi connectivity index (χ3v) is 5.11. The lowest BCUT2D eigenvalue weighted by Gasteiger charge is -2.41. The monoisotopic (exact) mass is 320 g/mol. The van der Waals surface area contributed by atoms with E-state index >= 15 is 0 Å². The second kappa shape index (κ2) is 5.47. The molecule has 1 amide bonds. The second-order valence-corrected chi connectivity index (χ2v) is 6.74. The molecule has 2 N–H and O–H groups in total. The van der Waals surface area contributed by atoms with Gasteiger partial charge in [0.15, 0.2) is 5.96 Å². The van der Waals surface area contributed by atoms with Crippen LogP contribution in [0.5, 0.6) is 0 Å². The van der Waals surface area contributed by atoms with Crippen molar-refractivity contribution in [2.45, 2.75) is 25.3 Å². The van der Waals surface area contributed by atoms with Gasteiger partial charge in [-0.1, -0.05) is 17.7 Å². The summed E-state index contributed by atoms with van der Waals surface area (Å²) in [6.45, 7) is 3.67. The number of hydrogen-bond donors (Lipinski definition) is 2. The summed E-state index contributed by atoms with van der Waals surface area (Å²) >= 11 is 6.09. The predicted octanol–water partition coefficient (Wildman–Crippen LogP) is 2.31. The van der Waals surface area contributed by atoms with Gasteiger partial charge in [-0.05, 0) is 38.0 Å². The maximum Gasteiger partial charge on any atom is 0.254 e. The highest BCUT2D eigenvalue weighted by Crippen LogP contribution is 2.34. The number of carbonyl (C=O) groups is 1. The Balaban J connectivity index is 1.82. The molecule has 2 aliphatic rings. The van der Waals surface area contributed by atoms with E-state index in [2.05, 4.69) is 16.3 Å². The fourth-order valence-electron chi connectivity index (χ4n) is 3.47. The van der Waals surface area contributed by atoms with Crippen molar-refractivity contribution in [3.63, 3.8) is 0 Å². The Morgan fingerprint density at radius 1 is 1.45 bits per heavy atom. The smallest absolute Gasteiger partial charge is 0.254 e. The average Bonchev–Trinajstić information content (AvgIpc) is 2.72. The summed E-state index contributed by atoms with van der Waals surface area (Å²) in [5.74, 6) is 0.334. The van der Waals surface area contributed by atoms with Crippen LogP contribution < -0.4 is 10.2 Å². The van der Waals surface area contributed by atoms with Crippen molar-refractivity contribution < 1.29 is 4.79 Å². The van der Waals surface area contributed by atoms with Gasteiger partial charge in [0.25, 0.3) is 5.91 Å². The van der Waals surface area contributed by atoms with Crippen molar-refractivity contribution >= 4 is 29.2 Å². The van der Waals surface area contributed by atoms with Crippen LogP contribution in [-0.4, -0.2) is 42.4 Å². The van der Waals surface area contributed by atoms with Crippen molar-refractivity contribution in [1.82, 2.24) is 10.2 Å². The van der Waals surface area contributed by atoms with E-state index in [4.69, 9.17) is 17.0 Å². The standard InChI is InChI=1S/C16H21ClN4O/c1-16(14(22)20(2)15(18)19-16)11-5-4-8-21(10-11)13-7-3-6-12(17)9-13/h3,6-7,9,11H,4-5,8,10H2,1-2H3,(H2,18,19)/t11-,16-/m1/s1. The van der Waals surface area contributed by atoms with Crippen LogP contribution in [0.2, 0.25) is 5.02 Å². The highest BCUT2D eigenvalue weighted by Gasteiger charge is 2.50. The Kier molecular flexibility index (Phi) is 3.77. The number of anilines is 1. The first-order valence-corrected chi connectivity index (χ1v) is 7.95. The van der Waals surface area contributed by atoms with Crippen LogP contribution in [0.25, 0.3) is 0 Å². The maximum atomic E-state index is 12.5. The number of likely N-dealkylation sites (N-methyl/N-ethyl adjacent to an activating group) is 1. The van der Waals surface area contributed by atoms with Crippen LogP contribution in [-0.2, 0) is 4.79 Å². The average molecular weight is 321 g/mol. The van der Waals surface area contributed by atoms with Gasteiger partial charge in [0.05, 0.1) is 0 Å². The SMILES string of the molecule is CN1C(=N)N[C@](C)([C@@H]2CCCN(c3cccc(Cl)c3)C2)C1=O. The first-order valence-electron chi connectivity index (χ1n) is 7.57. The molecule has 6 heteroatoms. The van der Waals surface area contributed by atoms with Gasteiger partial charge in [-0.2, -0.15) is 0 Å². The summed E-state index contributed by atoms with van der Waals surface area (Å²) in [7, 11) is 1.65. The Labute approximate surface area is 135 Å². The Morgan fingerprint density at radius 3 is 2.86 bits per heavy atom. The molecule has 0 radical (unpaired) electrons. The molecule has 2 heterocycles. The van der Waals surface area contributed by atoms with Crippen LogP contribution in [0.3, 0.4) is 0 Å². The molecule has 0 aliphatic carbocycles. The minimum atomic E-state index is -0.691. The van der Waals surface area contributed by atoms with Crippen LogP contribution in [0, 0.1) is 11.3 Å². The number of nitrogens with zero attached hydrogens (tertiary/aromatic N) is 2. The zero-order valence-corrected chi connectivity index (χ0v) is 13.7. The van der Waals surface area contributed by atoms with Gasteiger partial charge in [-0.15, -0.1) is 0 Å². The van der Waals surface area contributed by atoms with E-state index in [0.717, 1.165) is 36.6 Å². The molecule has 0 saturated carbocycles. The highest BCUT2D eigenvalue weighted by molar-refractivity contribution is 6.30. The minimum absolute atomic E-state index is 0.0181. The molecule has 1 aromatic rings. The van der Waals surface area contributed by atoms with E-state index in [9.17, 15) is 4.79 Å². The number of carbonyl (C=O) groups excluding carboxylic acids is 1. The fraction of sp³-hybridized carbons (Fsp3) is 0.500. The third kappa shape index (κ3) is 2.43. The number of rotatable bonds is 2. The lowest BCUT2D eigenvalue weighted by molar-refractivity contribution is -0.131. The summed E-state index contributed by atoms with van der Waals surface area (Å²) in [5, 5.41) is 11.7. The van der Waals surface area contributed by atoms with Gasteiger partial charge in [0.2, 0.25) is 0 Å². The van der Waals surface area contributed by atoms with Crippen molar-refractivity contribution in [3.8, 4) is 0 Å². The van der Waals surface area contributed by atoms with Gasteiger partial charge >= 0.3 is 0 Å². The normalized spacial score (nSPS) is 29.0. The summed E-state index contributed by atoms with van der Waals surface area (Å²) in [6, 6.07) is 7.83. The molecule has 2 atom stereocenters. The summed E-state index contributed by atoms with van der Waals surface area (Å²) in [4.78, 5) is 16.2. The zero-order valence-electron chi connectivity index (χ0n) is 12.9. The maximum absolute atomic E-state index is 12.5. The molecule has 0 spiro atoms. The first-order chi connectivity index (χ1) is 10.4. The lowest BCUT2D eigenvalue weighted by Crippen LogP contribution is -2.55. The zero-order chi connectivity index (χ0) is 15.9. The third-order valence-electron chi connectivity index (χ3n) is 4.87. The van der Waals surface area contributed by atoms with E-state index in [1.54, 1.807) is 7.05 Å². The number of piperidine rings is 1. The first kappa shape index (κ1) is 15.2. The topological polar surface area (TPSA) is 59.4 Å². The molecule has 2 aliphatic heterocycles. The molecule has 2 fully saturated rings. The molecule has 0 bridgehead atoms. The second-order valence-electron chi connectivity index (χ2n) is 6.31. The van der Waals surface area contributed by atoms with Crippen molar-refractivity contribution in [3.05, 3.63) is 29.3 Å². The molecule has 0 unspecified atom stereocenters. The number of nitrogens with one attached hydrogen (secondary N) is 2. The van der Waals surface area contributed by atoms with Crippen LogP contribution in [0.1, 0.15) is 19.8 Å². The summed E-state index contributed by atoms with van der Waals surface area (Å²) in [6.07, 6.45) is 2.01. The number of amides is 1. The largest absolute Gasteiger partial charge is 0.371 e. The van der Waals surface area contributed by atoms with Gasteiger partial charge in [0, 0.05) is 36.8 Å². The molecular formula is C16H21ClN4O. The Hall–Kier alpha value is -1.75. The quantitative estimate of drug-likeness (QED) is 0.879. The molecule has 0 aromatic heterocycles. The Morgan fingerprint density at radius 2 is 2.23 bits per heavy atom. The molecule has 118 valence electrons. The van der Waals surface area contributed by atoms with Crippen LogP contribution in [0.4, 0.5) is 5.69 Å². The van der Waals surface area contributed by atoms with E-state index < -0.39 is 5.54 Å². The van der Waals surface area contributed by atoms with Gasteiger partial charge in [-0.25, -0.2) is 0 Å². The van der Waals surface area contributed by atoms with Crippen LogP contribution in [0.15, 0.2) is 24.3 Å². The molecular weight excluding hydrogens is 300 g/mol. The highest BCUT2D eigenvalue weighted by atomic mass is 35.5. The fourth-order valence-corrected chi connectivity index (χ4v) is 3.65. The van der Waals surface area contributed by atoms with Crippen molar-refractivity contribution in [2.75, 3.05) is 25.0 Å². The van der Waals surface area contributed by atoms with E-state index in [1.807, 2.05) is 25.1 Å². The van der Waals surface area contributed by atoms with Crippen LogP contribution >= 0.6 is 11.6 Å². The van der Waals surface area contributed by atoms with Gasteiger partial charge in [-0.3, -0.25) is 15.1 Å². The van der Waals surface area contributed by atoms with Crippen molar-refractivity contribution in [1.29, 1.82) is 5.41 Å².